The van der Waals surface area contributed by atoms with Crippen molar-refractivity contribution < 1.29 is 5.11 Å². The highest BCUT2D eigenvalue weighted by Crippen LogP contribution is 2.45. The van der Waals surface area contributed by atoms with E-state index in [1.807, 2.05) is 0 Å². The van der Waals surface area contributed by atoms with Crippen LogP contribution < -0.4 is 5.32 Å². The Kier molecular flexibility index (Phi) is 3.36. The van der Waals surface area contributed by atoms with E-state index in [1.165, 1.54) is 32.1 Å². The van der Waals surface area contributed by atoms with Gasteiger partial charge in [-0.15, -0.1) is 0 Å². The highest BCUT2D eigenvalue weighted by molar-refractivity contribution is 5.03. The molecule has 2 N–H and O–H groups in total. The highest BCUT2D eigenvalue weighted by Gasteiger charge is 2.48. The average molecular weight is 211 g/mol. The van der Waals surface area contributed by atoms with Gasteiger partial charge >= 0.3 is 0 Å². The van der Waals surface area contributed by atoms with Crippen molar-refractivity contribution in [2.75, 3.05) is 6.54 Å². The number of nitrogens with one attached hydrogen (secondary N) is 1. The van der Waals surface area contributed by atoms with Crippen LogP contribution in [0, 0.1) is 11.8 Å². The smallest absolute Gasteiger partial charge is 0.0825 e. The van der Waals surface area contributed by atoms with Gasteiger partial charge in [0, 0.05) is 6.04 Å². The maximum atomic E-state index is 10.7. The first-order valence-corrected chi connectivity index (χ1v) is 6.66. The second kappa shape index (κ2) is 4.42. The number of hydrogen-bond donors (Lipinski definition) is 2. The summed E-state index contributed by atoms with van der Waals surface area (Å²) in [6.45, 7) is 5.50. The zero-order chi connectivity index (χ0) is 10.9. The number of aliphatic hydroxyl groups is 1. The Morgan fingerprint density at radius 2 is 2.00 bits per heavy atom. The second-order valence-electron chi connectivity index (χ2n) is 5.42. The summed E-state index contributed by atoms with van der Waals surface area (Å²) < 4.78 is 0. The Morgan fingerprint density at radius 1 is 1.27 bits per heavy atom. The lowest BCUT2D eigenvalue weighted by atomic mass is 9.78. The Hall–Kier alpha value is -0.0800. The molecule has 0 bridgehead atoms. The van der Waals surface area contributed by atoms with Gasteiger partial charge in [0.05, 0.1) is 5.60 Å². The van der Waals surface area contributed by atoms with Crippen molar-refractivity contribution in [1.29, 1.82) is 0 Å². The molecule has 2 nitrogen and oxygen atoms in total. The topological polar surface area (TPSA) is 32.3 Å². The Balaban J connectivity index is 2.00. The minimum absolute atomic E-state index is 0.355. The van der Waals surface area contributed by atoms with Gasteiger partial charge in [-0.3, -0.25) is 0 Å². The summed E-state index contributed by atoms with van der Waals surface area (Å²) in [5.74, 6) is 1.41. The van der Waals surface area contributed by atoms with Crippen LogP contribution in [-0.2, 0) is 0 Å². The second-order valence-corrected chi connectivity index (χ2v) is 5.42. The lowest BCUT2D eigenvalue weighted by molar-refractivity contribution is -0.0374. The maximum absolute atomic E-state index is 10.7. The molecule has 1 heterocycles. The first kappa shape index (κ1) is 11.4. The molecule has 15 heavy (non-hydrogen) atoms. The molecular weight excluding hydrogens is 186 g/mol. The Bertz CT molecular complexity index is 215. The fourth-order valence-corrected chi connectivity index (χ4v) is 3.15. The predicted octanol–water partition coefficient (Wildman–Crippen LogP) is 2.32. The van der Waals surface area contributed by atoms with E-state index >= 15 is 0 Å². The monoisotopic (exact) mass is 211 g/mol. The molecule has 88 valence electrons. The van der Waals surface area contributed by atoms with E-state index in [-0.39, 0.29) is 0 Å². The number of hydrogen-bond acceptors (Lipinski definition) is 2. The Labute approximate surface area is 93.5 Å². The molecule has 0 aromatic heterocycles. The molecule has 3 atom stereocenters. The maximum Gasteiger partial charge on any atom is 0.0825 e. The van der Waals surface area contributed by atoms with Crippen molar-refractivity contribution in [3.63, 3.8) is 0 Å². The first-order valence-electron chi connectivity index (χ1n) is 6.66. The van der Waals surface area contributed by atoms with Crippen LogP contribution in [0.15, 0.2) is 0 Å². The summed E-state index contributed by atoms with van der Waals surface area (Å²) in [6, 6.07) is 0.355. The minimum atomic E-state index is -0.409. The zero-order valence-corrected chi connectivity index (χ0v) is 10.1. The van der Waals surface area contributed by atoms with Gasteiger partial charge in [0.1, 0.15) is 0 Å². The molecule has 0 aromatic carbocycles. The van der Waals surface area contributed by atoms with Crippen LogP contribution in [0.2, 0.25) is 0 Å². The van der Waals surface area contributed by atoms with E-state index in [1.54, 1.807) is 0 Å². The number of piperidine rings is 1. The molecule has 1 saturated heterocycles. The summed E-state index contributed by atoms with van der Waals surface area (Å²) in [7, 11) is 0. The van der Waals surface area contributed by atoms with Crippen molar-refractivity contribution in [3.8, 4) is 0 Å². The third-order valence-corrected chi connectivity index (χ3v) is 4.54. The van der Waals surface area contributed by atoms with Gasteiger partial charge in [0.25, 0.3) is 0 Å². The molecule has 2 heteroatoms. The molecule has 0 radical (unpaired) electrons. The van der Waals surface area contributed by atoms with Crippen LogP contribution in [-0.4, -0.2) is 23.3 Å². The van der Waals surface area contributed by atoms with Crippen molar-refractivity contribution in [3.05, 3.63) is 0 Å². The zero-order valence-electron chi connectivity index (χ0n) is 10.1. The number of rotatable bonds is 4. The van der Waals surface area contributed by atoms with E-state index in [9.17, 15) is 5.11 Å². The summed E-state index contributed by atoms with van der Waals surface area (Å²) >= 11 is 0. The van der Waals surface area contributed by atoms with Crippen molar-refractivity contribution in [1.82, 2.24) is 5.32 Å². The van der Waals surface area contributed by atoms with Gasteiger partial charge in [-0.05, 0) is 50.5 Å². The molecule has 0 spiro atoms. The van der Waals surface area contributed by atoms with Gasteiger partial charge in [-0.1, -0.05) is 20.3 Å². The standard InChI is InChI=1S/C13H25NO/c1-3-10-7-8-14-12(9-10)13(15,4-2)11-5-6-11/h10-12,14-15H,3-9H2,1-2H3. The SMILES string of the molecule is CCC1CCNC(C(O)(CC)C2CC2)C1. The summed E-state index contributed by atoms with van der Waals surface area (Å²) in [4.78, 5) is 0. The summed E-state index contributed by atoms with van der Waals surface area (Å²) in [5, 5.41) is 14.3. The van der Waals surface area contributed by atoms with Gasteiger partial charge < -0.3 is 10.4 Å². The largest absolute Gasteiger partial charge is 0.388 e. The molecule has 2 rings (SSSR count). The quantitative estimate of drug-likeness (QED) is 0.748. The fraction of sp³-hybridized carbons (Fsp3) is 1.00. The molecule has 2 fully saturated rings. The normalized spacial score (nSPS) is 36.2. The van der Waals surface area contributed by atoms with Crippen LogP contribution in [0.1, 0.15) is 52.4 Å². The van der Waals surface area contributed by atoms with E-state index in [4.69, 9.17) is 0 Å². The Morgan fingerprint density at radius 3 is 2.53 bits per heavy atom. The van der Waals surface area contributed by atoms with Crippen molar-refractivity contribution >= 4 is 0 Å². The van der Waals surface area contributed by atoms with Crippen LogP contribution in [0.4, 0.5) is 0 Å². The highest BCUT2D eigenvalue weighted by atomic mass is 16.3. The van der Waals surface area contributed by atoms with E-state index < -0.39 is 5.60 Å². The van der Waals surface area contributed by atoms with Crippen LogP contribution in [0.3, 0.4) is 0 Å². The third-order valence-electron chi connectivity index (χ3n) is 4.54. The molecule has 1 saturated carbocycles. The molecular formula is C13H25NO. The van der Waals surface area contributed by atoms with Gasteiger partial charge in [0.2, 0.25) is 0 Å². The van der Waals surface area contributed by atoms with Gasteiger partial charge in [-0.2, -0.15) is 0 Å². The van der Waals surface area contributed by atoms with E-state index in [0.29, 0.717) is 12.0 Å². The first-order chi connectivity index (χ1) is 7.20. The fourth-order valence-electron chi connectivity index (χ4n) is 3.15. The van der Waals surface area contributed by atoms with E-state index in [2.05, 4.69) is 19.2 Å². The molecule has 3 unspecified atom stereocenters. The third kappa shape index (κ3) is 2.21. The molecule has 2 aliphatic rings. The van der Waals surface area contributed by atoms with Crippen LogP contribution in [0.25, 0.3) is 0 Å². The predicted molar refractivity (Wildman–Crippen MR) is 62.8 cm³/mol. The van der Waals surface area contributed by atoms with Crippen LogP contribution in [0.5, 0.6) is 0 Å². The summed E-state index contributed by atoms with van der Waals surface area (Å²) in [5.41, 5.74) is -0.409. The van der Waals surface area contributed by atoms with Gasteiger partial charge in [0.15, 0.2) is 0 Å². The van der Waals surface area contributed by atoms with Crippen LogP contribution >= 0.6 is 0 Å². The van der Waals surface area contributed by atoms with Crippen molar-refractivity contribution in [2.45, 2.75) is 64.0 Å². The molecule has 0 amide bonds. The minimum Gasteiger partial charge on any atom is -0.388 e. The molecule has 1 aliphatic carbocycles. The summed E-state index contributed by atoms with van der Waals surface area (Å²) in [6.07, 6.45) is 7.11. The average Bonchev–Trinajstić information content (AvgIpc) is 3.12. The van der Waals surface area contributed by atoms with Crippen molar-refractivity contribution in [2.24, 2.45) is 11.8 Å². The lowest BCUT2D eigenvalue weighted by Crippen LogP contribution is -2.55. The van der Waals surface area contributed by atoms with E-state index in [0.717, 1.165) is 18.9 Å². The van der Waals surface area contributed by atoms with Gasteiger partial charge in [-0.25, -0.2) is 0 Å². The lowest BCUT2D eigenvalue weighted by Gasteiger charge is -2.41. The molecule has 0 aromatic rings. The molecule has 1 aliphatic heterocycles.